The SMILES string of the molecule is CSc1ccc2c(c1)c(SCCN(C)C)c(C)n2S(=O)(=O)c1cccc2ccccc12. The predicted octanol–water partition coefficient (Wildman–Crippen LogP) is 5.72. The van der Waals surface area contributed by atoms with Gasteiger partial charge in [0.2, 0.25) is 0 Å². The van der Waals surface area contributed by atoms with Crippen LogP contribution in [0.2, 0.25) is 0 Å². The number of hydrogen-bond donors (Lipinski definition) is 0. The molecule has 0 aliphatic rings. The van der Waals surface area contributed by atoms with Crippen LogP contribution in [-0.4, -0.2) is 49.9 Å². The number of hydrogen-bond acceptors (Lipinski definition) is 5. The molecule has 0 saturated heterocycles. The van der Waals surface area contributed by atoms with Crippen molar-refractivity contribution in [2.75, 3.05) is 32.6 Å². The lowest BCUT2D eigenvalue weighted by molar-refractivity contribution is 0.437. The minimum absolute atomic E-state index is 0.337. The Bertz CT molecular complexity index is 1350. The molecule has 0 atom stereocenters. The van der Waals surface area contributed by atoms with E-state index < -0.39 is 10.0 Å². The molecule has 0 bridgehead atoms. The van der Waals surface area contributed by atoms with Crippen LogP contribution in [-0.2, 0) is 10.0 Å². The first-order valence-corrected chi connectivity index (χ1v) is 13.7. The van der Waals surface area contributed by atoms with E-state index in [0.717, 1.165) is 49.5 Å². The summed E-state index contributed by atoms with van der Waals surface area (Å²) >= 11 is 3.39. The number of fused-ring (bicyclic) bond motifs is 2. The van der Waals surface area contributed by atoms with E-state index in [1.165, 1.54) is 3.97 Å². The zero-order chi connectivity index (χ0) is 22.2. The molecule has 0 N–H and O–H groups in total. The van der Waals surface area contributed by atoms with Crippen LogP contribution in [0.15, 0.2) is 75.4 Å². The summed E-state index contributed by atoms with van der Waals surface area (Å²) in [5.74, 6) is 0.894. The van der Waals surface area contributed by atoms with Gasteiger partial charge in [-0.25, -0.2) is 12.4 Å². The molecule has 4 nitrogen and oxygen atoms in total. The van der Waals surface area contributed by atoms with E-state index in [4.69, 9.17) is 0 Å². The fourth-order valence-electron chi connectivity index (χ4n) is 3.81. The zero-order valence-corrected chi connectivity index (χ0v) is 20.6. The monoisotopic (exact) mass is 470 g/mol. The number of nitrogens with zero attached hydrogens (tertiary/aromatic N) is 2. The highest BCUT2D eigenvalue weighted by atomic mass is 32.2. The number of aromatic nitrogens is 1. The maximum absolute atomic E-state index is 14.0. The first kappa shape index (κ1) is 22.3. The van der Waals surface area contributed by atoms with Crippen molar-refractivity contribution in [3.05, 3.63) is 66.4 Å². The minimum atomic E-state index is -3.78. The standard InChI is InChI=1S/C24H26N2O2S3/c1-17-24(30-15-14-25(2)3)21-16-19(29-4)12-13-22(21)26(17)31(27,28)23-11-7-9-18-8-5-6-10-20(18)23/h5-13,16H,14-15H2,1-4H3. The van der Waals surface area contributed by atoms with Crippen LogP contribution < -0.4 is 0 Å². The molecule has 4 rings (SSSR count). The largest absolute Gasteiger partial charge is 0.309 e. The topological polar surface area (TPSA) is 42.3 Å². The van der Waals surface area contributed by atoms with Crippen LogP contribution in [0.5, 0.6) is 0 Å². The minimum Gasteiger partial charge on any atom is -0.309 e. The van der Waals surface area contributed by atoms with Gasteiger partial charge in [-0.15, -0.1) is 23.5 Å². The molecule has 1 aromatic heterocycles. The molecular weight excluding hydrogens is 444 g/mol. The normalized spacial score (nSPS) is 12.3. The van der Waals surface area contributed by atoms with Crippen molar-refractivity contribution >= 4 is 55.2 Å². The summed E-state index contributed by atoms with van der Waals surface area (Å²) in [5.41, 5.74) is 1.50. The molecule has 0 aliphatic carbocycles. The first-order valence-electron chi connectivity index (χ1n) is 10.0. The second kappa shape index (κ2) is 8.90. The van der Waals surface area contributed by atoms with Crippen LogP contribution in [0, 0.1) is 6.92 Å². The second-order valence-corrected chi connectivity index (χ2v) is 11.4. The van der Waals surface area contributed by atoms with Crippen molar-refractivity contribution in [2.45, 2.75) is 21.6 Å². The van der Waals surface area contributed by atoms with Crippen LogP contribution in [0.3, 0.4) is 0 Å². The lowest BCUT2D eigenvalue weighted by atomic mass is 10.1. The highest BCUT2D eigenvalue weighted by molar-refractivity contribution is 7.99. The highest BCUT2D eigenvalue weighted by Crippen LogP contribution is 2.39. The molecule has 3 aromatic carbocycles. The smallest absolute Gasteiger partial charge is 0.269 e. The molecule has 7 heteroatoms. The molecular formula is C24H26N2O2S3. The zero-order valence-electron chi connectivity index (χ0n) is 18.1. The molecule has 0 fully saturated rings. The average Bonchev–Trinajstić information content (AvgIpc) is 3.04. The van der Waals surface area contributed by atoms with Gasteiger partial charge < -0.3 is 4.90 Å². The van der Waals surface area contributed by atoms with Gasteiger partial charge in [-0.3, -0.25) is 0 Å². The molecule has 0 spiro atoms. The Labute approximate surface area is 192 Å². The number of thioether (sulfide) groups is 2. The van der Waals surface area contributed by atoms with Crippen molar-refractivity contribution < 1.29 is 8.42 Å². The van der Waals surface area contributed by atoms with Crippen LogP contribution in [0.25, 0.3) is 21.7 Å². The summed E-state index contributed by atoms with van der Waals surface area (Å²) in [5, 5.41) is 2.66. The average molecular weight is 471 g/mol. The van der Waals surface area contributed by atoms with E-state index in [9.17, 15) is 8.42 Å². The van der Waals surface area contributed by atoms with Gasteiger partial charge in [-0.05, 0) is 56.9 Å². The Morgan fingerprint density at radius 3 is 2.45 bits per heavy atom. The van der Waals surface area contributed by atoms with E-state index in [1.54, 1.807) is 29.6 Å². The molecule has 162 valence electrons. The van der Waals surface area contributed by atoms with E-state index in [0.29, 0.717) is 4.90 Å². The molecule has 0 amide bonds. The fourth-order valence-corrected chi connectivity index (χ4v) is 7.37. The van der Waals surface area contributed by atoms with Gasteiger partial charge in [0.05, 0.1) is 10.4 Å². The Kier molecular flexibility index (Phi) is 6.40. The van der Waals surface area contributed by atoms with E-state index >= 15 is 0 Å². The Morgan fingerprint density at radius 2 is 1.71 bits per heavy atom. The van der Waals surface area contributed by atoms with Crippen LogP contribution >= 0.6 is 23.5 Å². The van der Waals surface area contributed by atoms with Crippen molar-refractivity contribution in [1.29, 1.82) is 0 Å². The van der Waals surface area contributed by atoms with Gasteiger partial charge in [0.15, 0.2) is 0 Å². The summed E-state index contributed by atoms with van der Waals surface area (Å²) in [6.45, 7) is 2.84. The first-order chi connectivity index (χ1) is 14.8. The maximum atomic E-state index is 14.0. The molecule has 0 aliphatic heterocycles. The lowest BCUT2D eigenvalue weighted by Gasteiger charge is -2.13. The van der Waals surface area contributed by atoms with Crippen molar-refractivity contribution in [2.24, 2.45) is 0 Å². The van der Waals surface area contributed by atoms with Gasteiger partial charge in [-0.1, -0.05) is 36.4 Å². The van der Waals surface area contributed by atoms with E-state index in [-0.39, 0.29) is 0 Å². The Morgan fingerprint density at radius 1 is 0.968 bits per heavy atom. The van der Waals surface area contributed by atoms with Gasteiger partial charge in [-0.2, -0.15) is 0 Å². The summed E-state index contributed by atoms with van der Waals surface area (Å²) < 4.78 is 29.5. The lowest BCUT2D eigenvalue weighted by Crippen LogP contribution is -2.15. The third-order valence-electron chi connectivity index (χ3n) is 5.35. The molecule has 0 unspecified atom stereocenters. The van der Waals surface area contributed by atoms with Crippen molar-refractivity contribution in [3.8, 4) is 0 Å². The van der Waals surface area contributed by atoms with Gasteiger partial charge in [0.1, 0.15) is 0 Å². The fraction of sp³-hybridized carbons (Fsp3) is 0.250. The number of rotatable bonds is 7. The number of benzene rings is 3. The molecule has 0 radical (unpaired) electrons. The summed E-state index contributed by atoms with van der Waals surface area (Å²) in [6.07, 6.45) is 2.04. The van der Waals surface area contributed by atoms with E-state index in [2.05, 4.69) is 11.0 Å². The Hall–Kier alpha value is -1.93. The predicted molar refractivity (Wildman–Crippen MR) is 134 cm³/mol. The summed E-state index contributed by atoms with van der Waals surface area (Å²) in [6, 6.07) is 19.1. The summed E-state index contributed by atoms with van der Waals surface area (Å²) in [7, 11) is 0.321. The third kappa shape index (κ3) is 4.12. The van der Waals surface area contributed by atoms with Crippen LogP contribution in [0.1, 0.15) is 5.69 Å². The molecule has 4 aromatic rings. The third-order valence-corrected chi connectivity index (χ3v) is 9.13. The second-order valence-electron chi connectivity index (χ2n) is 7.70. The van der Waals surface area contributed by atoms with E-state index in [1.807, 2.05) is 75.8 Å². The van der Waals surface area contributed by atoms with Gasteiger partial charge in [0.25, 0.3) is 10.0 Å². The molecule has 1 heterocycles. The Balaban J connectivity index is 1.95. The summed E-state index contributed by atoms with van der Waals surface area (Å²) in [4.78, 5) is 4.64. The van der Waals surface area contributed by atoms with Crippen molar-refractivity contribution in [1.82, 2.24) is 8.87 Å². The van der Waals surface area contributed by atoms with Crippen molar-refractivity contribution in [3.63, 3.8) is 0 Å². The molecule has 31 heavy (non-hydrogen) atoms. The van der Waals surface area contributed by atoms with Crippen LogP contribution in [0.4, 0.5) is 0 Å². The van der Waals surface area contributed by atoms with Gasteiger partial charge >= 0.3 is 0 Å². The highest BCUT2D eigenvalue weighted by Gasteiger charge is 2.26. The maximum Gasteiger partial charge on any atom is 0.269 e. The molecule has 0 saturated carbocycles. The van der Waals surface area contributed by atoms with Gasteiger partial charge in [0, 0.05) is 38.6 Å². The quantitative estimate of drug-likeness (QED) is 0.323.